The van der Waals surface area contributed by atoms with Crippen LogP contribution in [0.3, 0.4) is 0 Å². The van der Waals surface area contributed by atoms with Crippen molar-refractivity contribution in [2.24, 2.45) is 5.92 Å². The number of piperidine rings is 1. The summed E-state index contributed by atoms with van der Waals surface area (Å²) in [5.74, 6) is -1.29. The van der Waals surface area contributed by atoms with Crippen molar-refractivity contribution in [1.29, 1.82) is 0 Å². The predicted octanol–water partition coefficient (Wildman–Crippen LogP) is 1.24. The lowest BCUT2D eigenvalue weighted by Gasteiger charge is -2.30. The fourth-order valence-electron chi connectivity index (χ4n) is 3.58. The second-order valence-electron chi connectivity index (χ2n) is 7.45. The van der Waals surface area contributed by atoms with Gasteiger partial charge in [0, 0.05) is 31.0 Å². The van der Waals surface area contributed by atoms with Gasteiger partial charge in [-0.3, -0.25) is 19.4 Å². The first-order valence-electron chi connectivity index (χ1n) is 10.0. The summed E-state index contributed by atoms with van der Waals surface area (Å²) < 4.78 is 37.1. The summed E-state index contributed by atoms with van der Waals surface area (Å²) in [6.45, 7) is -0.175. The first-order valence-corrected chi connectivity index (χ1v) is 11.5. The van der Waals surface area contributed by atoms with E-state index >= 15 is 0 Å². The number of rotatable bonds is 6. The molecule has 2 aliphatic rings. The summed E-state index contributed by atoms with van der Waals surface area (Å²) in [6, 6.07) is 7.62. The number of benzene rings is 1. The van der Waals surface area contributed by atoms with E-state index < -0.39 is 34.3 Å². The van der Waals surface area contributed by atoms with Crippen molar-refractivity contribution in [1.82, 2.24) is 9.29 Å². The Morgan fingerprint density at radius 1 is 1.22 bits per heavy atom. The van der Waals surface area contributed by atoms with Crippen LogP contribution in [0.1, 0.15) is 23.2 Å². The number of ketones is 1. The molecule has 1 saturated heterocycles. The van der Waals surface area contributed by atoms with Crippen LogP contribution in [0.4, 0.5) is 5.69 Å². The van der Waals surface area contributed by atoms with E-state index in [2.05, 4.69) is 10.3 Å². The molecule has 4 rings (SSSR count). The Morgan fingerprint density at radius 3 is 2.72 bits per heavy atom. The standard InChI is InChI=1S/C21H21N3O7S/c25-18(15-3-4-19-17(10-15)23-20(26)13-30-19)12-31-21(27)14-5-8-24(9-6-14)32(28,29)16-2-1-7-22-11-16/h1-4,7,10-11,14H,5-6,8-9,12-13H2,(H,23,26). The van der Waals surface area contributed by atoms with Crippen LogP contribution < -0.4 is 10.1 Å². The second kappa shape index (κ2) is 9.05. The fraction of sp³-hybridized carbons (Fsp3) is 0.333. The molecular formula is C21H21N3O7S. The van der Waals surface area contributed by atoms with Gasteiger partial charge in [0.1, 0.15) is 10.6 Å². The van der Waals surface area contributed by atoms with Crippen molar-refractivity contribution in [2.45, 2.75) is 17.7 Å². The molecule has 1 aromatic carbocycles. The Morgan fingerprint density at radius 2 is 2.00 bits per heavy atom. The quantitative estimate of drug-likeness (QED) is 0.504. The van der Waals surface area contributed by atoms with E-state index in [-0.39, 0.29) is 36.1 Å². The van der Waals surface area contributed by atoms with Crippen LogP contribution >= 0.6 is 0 Å². The highest BCUT2D eigenvalue weighted by Crippen LogP contribution is 2.29. The van der Waals surface area contributed by atoms with Gasteiger partial charge in [-0.05, 0) is 43.2 Å². The Bertz CT molecular complexity index is 1140. The third kappa shape index (κ3) is 4.63. The zero-order chi connectivity index (χ0) is 22.7. The zero-order valence-electron chi connectivity index (χ0n) is 17.0. The molecule has 0 radical (unpaired) electrons. The van der Waals surface area contributed by atoms with Crippen LogP contribution in [0.15, 0.2) is 47.6 Å². The van der Waals surface area contributed by atoms with E-state index in [0.29, 0.717) is 24.3 Å². The van der Waals surface area contributed by atoms with Crippen LogP contribution in [0.25, 0.3) is 0 Å². The number of hydrogen-bond donors (Lipinski definition) is 1. The van der Waals surface area contributed by atoms with Crippen molar-refractivity contribution >= 4 is 33.4 Å². The van der Waals surface area contributed by atoms with Crippen LogP contribution in [0.2, 0.25) is 0 Å². The molecule has 1 N–H and O–H groups in total. The molecule has 0 aliphatic carbocycles. The van der Waals surface area contributed by atoms with Gasteiger partial charge in [0.15, 0.2) is 19.0 Å². The van der Waals surface area contributed by atoms with Gasteiger partial charge in [0.05, 0.1) is 11.6 Å². The molecule has 1 fully saturated rings. The molecule has 32 heavy (non-hydrogen) atoms. The van der Waals surface area contributed by atoms with E-state index in [0.717, 1.165) is 0 Å². The van der Waals surface area contributed by atoms with Crippen LogP contribution in [-0.4, -0.2) is 61.7 Å². The summed E-state index contributed by atoms with van der Waals surface area (Å²) in [4.78, 5) is 40.2. The maximum atomic E-state index is 12.6. The Labute approximate surface area is 184 Å². The lowest BCUT2D eigenvalue weighted by atomic mass is 9.98. The molecule has 0 unspecified atom stereocenters. The zero-order valence-corrected chi connectivity index (χ0v) is 17.8. The van der Waals surface area contributed by atoms with Gasteiger partial charge in [0.2, 0.25) is 10.0 Å². The topological polar surface area (TPSA) is 132 Å². The number of fused-ring (bicyclic) bond motifs is 1. The van der Waals surface area contributed by atoms with Crippen molar-refractivity contribution in [3.05, 3.63) is 48.3 Å². The molecule has 1 aromatic heterocycles. The number of esters is 1. The van der Waals surface area contributed by atoms with E-state index in [9.17, 15) is 22.8 Å². The van der Waals surface area contributed by atoms with Gasteiger partial charge < -0.3 is 14.8 Å². The lowest BCUT2D eigenvalue weighted by molar-refractivity contribution is -0.148. The van der Waals surface area contributed by atoms with Crippen molar-refractivity contribution in [2.75, 3.05) is 31.6 Å². The molecule has 168 valence electrons. The molecule has 0 atom stereocenters. The minimum atomic E-state index is -3.66. The number of Topliss-reactive ketones (excluding diaryl/α,β-unsaturated/α-hetero) is 1. The molecule has 2 aromatic rings. The number of ether oxygens (including phenoxy) is 2. The Balaban J connectivity index is 1.30. The summed E-state index contributed by atoms with van der Waals surface area (Å²) in [7, 11) is -3.66. The Hall–Kier alpha value is -3.31. The number of hydrogen-bond acceptors (Lipinski definition) is 8. The number of pyridine rings is 1. The van der Waals surface area contributed by atoms with Gasteiger partial charge in [-0.1, -0.05) is 0 Å². The summed E-state index contributed by atoms with van der Waals surface area (Å²) >= 11 is 0. The number of nitrogens with zero attached hydrogens (tertiary/aromatic N) is 2. The molecule has 0 saturated carbocycles. The number of sulfonamides is 1. The summed E-state index contributed by atoms with van der Waals surface area (Å²) in [5.41, 5.74) is 0.667. The average Bonchev–Trinajstić information content (AvgIpc) is 2.82. The van der Waals surface area contributed by atoms with Gasteiger partial charge >= 0.3 is 5.97 Å². The molecule has 1 amide bonds. The number of anilines is 1. The van der Waals surface area contributed by atoms with E-state index in [4.69, 9.17) is 9.47 Å². The number of amides is 1. The maximum Gasteiger partial charge on any atom is 0.309 e. The van der Waals surface area contributed by atoms with Crippen LogP contribution in [0, 0.1) is 5.92 Å². The van der Waals surface area contributed by atoms with Crippen LogP contribution in [0.5, 0.6) is 5.75 Å². The Kier molecular flexibility index (Phi) is 6.19. The largest absolute Gasteiger partial charge is 0.482 e. The molecule has 2 aliphatic heterocycles. The number of carbonyl (C=O) groups is 3. The van der Waals surface area contributed by atoms with Crippen molar-refractivity contribution < 1.29 is 32.3 Å². The predicted molar refractivity (Wildman–Crippen MR) is 112 cm³/mol. The van der Waals surface area contributed by atoms with Gasteiger partial charge in [-0.2, -0.15) is 4.31 Å². The molecule has 0 bridgehead atoms. The van der Waals surface area contributed by atoms with Crippen molar-refractivity contribution in [3.8, 4) is 5.75 Å². The fourth-order valence-corrected chi connectivity index (χ4v) is 5.01. The molecule has 10 nitrogen and oxygen atoms in total. The SMILES string of the molecule is O=C1COc2ccc(C(=O)COC(=O)C3CCN(S(=O)(=O)c4cccnc4)CC3)cc2N1. The molecular weight excluding hydrogens is 438 g/mol. The van der Waals surface area contributed by atoms with E-state index in [1.807, 2.05) is 0 Å². The lowest BCUT2D eigenvalue weighted by Crippen LogP contribution is -2.40. The van der Waals surface area contributed by atoms with Gasteiger partial charge in [-0.15, -0.1) is 0 Å². The highest BCUT2D eigenvalue weighted by molar-refractivity contribution is 7.89. The molecule has 11 heteroatoms. The average molecular weight is 459 g/mol. The third-order valence-electron chi connectivity index (χ3n) is 5.34. The molecule has 0 spiro atoms. The van der Waals surface area contributed by atoms with E-state index in [1.54, 1.807) is 12.1 Å². The minimum Gasteiger partial charge on any atom is -0.482 e. The third-order valence-corrected chi connectivity index (χ3v) is 7.22. The monoisotopic (exact) mass is 459 g/mol. The molecule has 3 heterocycles. The normalized spacial score (nSPS) is 17.1. The summed E-state index contributed by atoms with van der Waals surface area (Å²) in [5, 5.41) is 2.62. The van der Waals surface area contributed by atoms with Crippen LogP contribution in [-0.2, 0) is 24.3 Å². The number of nitrogens with one attached hydrogen (secondary N) is 1. The number of aromatic nitrogens is 1. The first-order chi connectivity index (χ1) is 15.3. The first kappa shape index (κ1) is 21.9. The number of carbonyl (C=O) groups excluding carboxylic acids is 3. The van der Waals surface area contributed by atoms with Crippen molar-refractivity contribution in [3.63, 3.8) is 0 Å². The highest BCUT2D eigenvalue weighted by atomic mass is 32.2. The van der Waals surface area contributed by atoms with E-state index in [1.165, 1.54) is 34.9 Å². The highest BCUT2D eigenvalue weighted by Gasteiger charge is 2.33. The van der Waals surface area contributed by atoms with Gasteiger partial charge in [0.25, 0.3) is 5.91 Å². The smallest absolute Gasteiger partial charge is 0.309 e. The summed E-state index contributed by atoms with van der Waals surface area (Å²) in [6.07, 6.45) is 3.39. The maximum absolute atomic E-state index is 12.6. The van der Waals surface area contributed by atoms with Gasteiger partial charge in [-0.25, -0.2) is 8.42 Å². The minimum absolute atomic E-state index is 0.0831. The second-order valence-corrected chi connectivity index (χ2v) is 9.38.